The van der Waals surface area contributed by atoms with Gasteiger partial charge in [0.15, 0.2) is 5.16 Å². The Balaban J connectivity index is 1.74. The largest absolute Gasteiger partial charge is 0.467 e. The molecule has 0 aliphatic carbocycles. The van der Waals surface area contributed by atoms with Crippen molar-refractivity contribution in [3.05, 3.63) is 24.2 Å². The van der Waals surface area contributed by atoms with E-state index in [-0.39, 0.29) is 11.9 Å². The van der Waals surface area contributed by atoms with E-state index in [1.165, 1.54) is 18.2 Å². The first kappa shape index (κ1) is 21.2. The summed E-state index contributed by atoms with van der Waals surface area (Å²) in [6, 6.07) is 3.20. The van der Waals surface area contributed by atoms with Gasteiger partial charge in [-0.1, -0.05) is 11.8 Å². The van der Waals surface area contributed by atoms with Gasteiger partial charge in [-0.25, -0.2) is 4.79 Å². The smallest absolute Gasteiger partial charge is 0.321 e. The number of aromatic nitrogens is 3. The summed E-state index contributed by atoms with van der Waals surface area (Å²) < 4.78 is 7.49. The molecule has 3 rings (SSSR count). The Bertz CT molecular complexity index is 814. The van der Waals surface area contributed by atoms with Gasteiger partial charge < -0.3 is 14.6 Å². The van der Waals surface area contributed by atoms with Crippen molar-refractivity contribution in [2.75, 3.05) is 18.0 Å². The monoisotopic (exact) mass is 420 g/mol. The summed E-state index contributed by atoms with van der Waals surface area (Å²) >= 11 is 1.27. The second-order valence-electron chi connectivity index (χ2n) is 7.37. The third kappa shape index (κ3) is 5.75. The lowest BCUT2D eigenvalue weighted by atomic mass is 10.1. The summed E-state index contributed by atoms with van der Waals surface area (Å²) in [6.07, 6.45) is 5.11. The maximum absolute atomic E-state index is 12.4. The van der Waals surface area contributed by atoms with Crippen molar-refractivity contribution in [2.45, 2.75) is 63.0 Å². The van der Waals surface area contributed by atoms with Crippen molar-refractivity contribution in [3.63, 3.8) is 0 Å². The number of anilines is 1. The predicted molar refractivity (Wildman–Crippen MR) is 111 cm³/mol. The number of nitrogens with one attached hydrogen (secondary N) is 2. The Hall–Kier alpha value is -2.49. The van der Waals surface area contributed by atoms with Gasteiger partial charge in [0.05, 0.1) is 18.1 Å². The fourth-order valence-corrected chi connectivity index (χ4v) is 3.96. The zero-order valence-corrected chi connectivity index (χ0v) is 17.9. The Morgan fingerprint density at radius 3 is 2.62 bits per heavy atom. The van der Waals surface area contributed by atoms with Crippen molar-refractivity contribution < 1.29 is 14.0 Å². The maximum atomic E-state index is 12.4. The van der Waals surface area contributed by atoms with Crippen LogP contribution in [0, 0.1) is 0 Å². The maximum Gasteiger partial charge on any atom is 0.321 e. The number of nitrogens with zero attached hydrogens (tertiary/aromatic N) is 4. The van der Waals surface area contributed by atoms with E-state index in [1.54, 1.807) is 13.2 Å². The van der Waals surface area contributed by atoms with Crippen molar-refractivity contribution in [1.82, 2.24) is 25.4 Å². The van der Waals surface area contributed by atoms with Crippen LogP contribution in [0.4, 0.5) is 10.7 Å². The van der Waals surface area contributed by atoms with E-state index in [4.69, 9.17) is 4.42 Å². The lowest BCUT2D eigenvalue weighted by molar-refractivity contribution is -0.119. The first-order valence-electron chi connectivity index (χ1n) is 9.92. The number of thioether (sulfide) groups is 1. The van der Waals surface area contributed by atoms with Gasteiger partial charge in [-0.05, 0) is 52.2 Å². The molecule has 1 aliphatic rings. The fraction of sp³-hybridized carbons (Fsp3) is 0.579. The second-order valence-corrected chi connectivity index (χ2v) is 8.68. The molecule has 1 atom stereocenters. The lowest BCUT2D eigenvalue weighted by Crippen LogP contribution is -2.45. The SMILES string of the molecule is CC(C)NC(=O)NC(=O)[C@H](C)Sc1nnc(N2CCCCC2)n1Cc1ccco1. The van der Waals surface area contributed by atoms with E-state index >= 15 is 0 Å². The topological polar surface area (TPSA) is 105 Å². The molecular weight excluding hydrogens is 392 g/mol. The first-order chi connectivity index (χ1) is 13.9. The molecule has 3 heterocycles. The van der Waals surface area contributed by atoms with Gasteiger partial charge in [-0.2, -0.15) is 0 Å². The molecule has 10 heteroatoms. The highest BCUT2D eigenvalue weighted by molar-refractivity contribution is 8.00. The first-order valence-corrected chi connectivity index (χ1v) is 10.8. The van der Waals surface area contributed by atoms with Gasteiger partial charge in [0.2, 0.25) is 11.9 Å². The number of imide groups is 1. The third-order valence-electron chi connectivity index (χ3n) is 4.54. The molecule has 1 aliphatic heterocycles. The molecule has 0 radical (unpaired) electrons. The zero-order chi connectivity index (χ0) is 20.8. The molecule has 1 saturated heterocycles. The molecular formula is C19H28N6O3S. The van der Waals surface area contributed by atoms with Crippen molar-refractivity contribution in [1.29, 1.82) is 0 Å². The number of hydrogen-bond donors (Lipinski definition) is 2. The molecule has 0 saturated carbocycles. The molecule has 0 aromatic carbocycles. The molecule has 158 valence electrons. The fourth-order valence-electron chi connectivity index (χ4n) is 3.12. The van der Waals surface area contributed by atoms with Crippen LogP contribution in [0.2, 0.25) is 0 Å². The van der Waals surface area contributed by atoms with Crippen LogP contribution in [-0.4, -0.2) is 51.1 Å². The van der Waals surface area contributed by atoms with Crippen molar-refractivity contribution in [3.8, 4) is 0 Å². The Morgan fingerprint density at radius 1 is 1.21 bits per heavy atom. The van der Waals surface area contributed by atoms with E-state index in [0.717, 1.165) is 37.6 Å². The van der Waals surface area contributed by atoms with Crippen LogP contribution < -0.4 is 15.5 Å². The normalized spacial score (nSPS) is 15.4. The highest BCUT2D eigenvalue weighted by Crippen LogP contribution is 2.28. The molecule has 2 aromatic rings. The molecule has 0 unspecified atom stereocenters. The molecule has 3 amide bonds. The number of carbonyl (C=O) groups excluding carboxylic acids is 2. The van der Waals surface area contributed by atoms with Crippen LogP contribution in [0.1, 0.15) is 45.8 Å². The number of piperidine rings is 1. The Kier molecular flexibility index (Phi) is 7.18. The van der Waals surface area contributed by atoms with Crippen LogP contribution in [0.5, 0.6) is 0 Å². The molecule has 1 fully saturated rings. The lowest BCUT2D eigenvalue weighted by Gasteiger charge is -2.27. The van der Waals surface area contributed by atoms with Gasteiger partial charge in [0.1, 0.15) is 5.76 Å². The van der Waals surface area contributed by atoms with Gasteiger partial charge in [-0.15, -0.1) is 10.2 Å². The minimum Gasteiger partial charge on any atom is -0.467 e. The van der Waals surface area contributed by atoms with E-state index in [1.807, 2.05) is 30.5 Å². The quantitative estimate of drug-likeness (QED) is 0.663. The summed E-state index contributed by atoms with van der Waals surface area (Å²) in [5.74, 6) is 1.20. The molecule has 2 N–H and O–H groups in total. The van der Waals surface area contributed by atoms with E-state index in [0.29, 0.717) is 11.7 Å². The van der Waals surface area contributed by atoms with Crippen LogP contribution in [-0.2, 0) is 11.3 Å². The minimum absolute atomic E-state index is 0.0470. The Morgan fingerprint density at radius 2 is 1.97 bits per heavy atom. The van der Waals surface area contributed by atoms with E-state index < -0.39 is 11.3 Å². The van der Waals surface area contributed by atoms with Crippen LogP contribution in [0.3, 0.4) is 0 Å². The summed E-state index contributed by atoms with van der Waals surface area (Å²) in [4.78, 5) is 26.4. The van der Waals surface area contributed by atoms with Crippen molar-refractivity contribution in [2.24, 2.45) is 0 Å². The number of hydrogen-bond acceptors (Lipinski definition) is 7. The van der Waals surface area contributed by atoms with Crippen molar-refractivity contribution >= 4 is 29.6 Å². The highest BCUT2D eigenvalue weighted by Gasteiger charge is 2.25. The third-order valence-corrected chi connectivity index (χ3v) is 5.62. The molecule has 0 bridgehead atoms. The average molecular weight is 421 g/mol. The number of rotatable bonds is 7. The predicted octanol–water partition coefficient (Wildman–Crippen LogP) is 2.62. The number of furan rings is 1. The molecule has 2 aromatic heterocycles. The summed E-state index contributed by atoms with van der Waals surface area (Å²) in [6.45, 7) is 7.77. The molecule has 29 heavy (non-hydrogen) atoms. The average Bonchev–Trinajstić information content (AvgIpc) is 3.32. The van der Waals surface area contributed by atoms with Gasteiger partial charge in [-0.3, -0.25) is 14.7 Å². The Labute approximate surface area is 174 Å². The molecule has 0 spiro atoms. The van der Waals surface area contributed by atoms with Crippen LogP contribution in [0.15, 0.2) is 28.0 Å². The zero-order valence-electron chi connectivity index (χ0n) is 17.1. The molecule has 9 nitrogen and oxygen atoms in total. The number of urea groups is 1. The van der Waals surface area contributed by atoms with E-state index in [2.05, 4.69) is 25.7 Å². The summed E-state index contributed by atoms with van der Waals surface area (Å²) in [7, 11) is 0. The highest BCUT2D eigenvalue weighted by atomic mass is 32.2. The minimum atomic E-state index is -0.512. The van der Waals surface area contributed by atoms with Crippen LogP contribution in [0.25, 0.3) is 0 Å². The van der Waals surface area contributed by atoms with Gasteiger partial charge >= 0.3 is 6.03 Å². The second kappa shape index (κ2) is 9.82. The number of amides is 3. The van der Waals surface area contributed by atoms with Crippen LogP contribution >= 0.6 is 11.8 Å². The van der Waals surface area contributed by atoms with Gasteiger partial charge in [0.25, 0.3) is 0 Å². The standard InChI is InChI=1S/C19H28N6O3S/c1-13(2)20-17(27)21-16(26)14(3)29-19-23-22-18(24-9-5-4-6-10-24)25(19)12-15-8-7-11-28-15/h7-8,11,13-14H,4-6,9-10,12H2,1-3H3,(H2,20,21,26,27)/t14-/m0/s1. The summed E-state index contributed by atoms with van der Waals surface area (Å²) in [5.41, 5.74) is 0. The van der Waals surface area contributed by atoms with E-state index in [9.17, 15) is 9.59 Å². The summed E-state index contributed by atoms with van der Waals surface area (Å²) in [5, 5.41) is 13.9. The van der Waals surface area contributed by atoms with Gasteiger partial charge in [0, 0.05) is 19.1 Å². The number of carbonyl (C=O) groups is 2.